The Bertz CT molecular complexity index is 664. The molecular formula is C16H18N2O2. The maximum Gasteiger partial charge on any atom is 0.284 e. The molecule has 4 rings (SSSR count). The van der Waals surface area contributed by atoms with Crippen LogP contribution in [0.2, 0.25) is 0 Å². The van der Waals surface area contributed by atoms with Crippen molar-refractivity contribution in [3.63, 3.8) is 0 Å². The Kier molecular flexibility index (Phi) is 2.60. The van der Waals surface area contributed by atoms with E-state index < -0.39 is 5.91 Å². The van der Waals surface area contributed by atoms with Gasteiger partial charge in [-0.1, -0.05) is 12.1 Å². The van der Waals surface area contributed by atoms with Gasteiger partial charge in [0.1, 0.15) is 5.58 Å². The lowest BCUT2D eigenvalue weighted by atomic mass is 9.86. The molecule has 20 heavy (non-hydrogen) atoms. The van der Waals surface area contributed by atoms with Gasteiger partial charge < -0.3 is 15.1 Å². The molecule has 1 amide bonds. The van der Waals surface area contributed by atoms with Gasteiger partial charge in [-0.05, 0) is 48.9 Å². The van der Waals surface area contributed by atoms with Crippen LogP contribution < -0.4 is 5.73 Å². The first kappa shape index (κ1) is 12.0. The largest absolute Gasteiger partial charge is 0.451 e. The van der Waals surface area contributed by atoms with Crippen molar-refractivity contribution in [2.75, 3.05) is 19.6 Å². The van der Waals surface area contributed by atoms with E-state index in [1.54, 1.807) is 6.07 Å². The second-order valence-electron chi connectivity index (χ2n) is 6.12. The van der Waals surface area contributed by atoms with Crippen LogP contribution in [0, 0.1) is 5.92 Å². The van der Waals surface area contributed by atoms with Crippen LogP contribution in [0.4, 0.5) is 0 Å². The predicted molar refractivity (Wildman–Crippen MR) is 76.6 cm³/mol. The Morgan fingerprint density at radius 2 is 2.20 bits per heavy atom. The molecule has 104 valence electrons. The number of primary amides is 1. The van der Waals surface area contributed by atoms with Gasteiger partial charge in [0.15, 0.2) is 5.76 Å². The maximum atomic E-state index is 11.2. The van der Waals surface area contributed by atoms with E-state index in [0.29, 0.717) is 5.92 Å². The number of carbonyl (C=O) groups is 1. The van der Waals surface area contributed by atoms with Gasteiger partial charge in [0.05, 0.1) is 0 Å². The average molecular weight is 270 g/mol. The number of nitrogens with two attached hydrogens (primary N) is 1. The zero-order chi connectivity index (χ0) is 13.7. The summed E-state index contributed by atoms with van der Waals surface area (Å²) < 4.78 is 5.54. The molecule has 2 bridgehead atoms. The van der Waals surface area contributed by atoms with Gasteiger partial charge in [-0.15, -0.1) is 0 Å². The van der Waals surface area contributed by atoms with Crippen molar-refractivity contribution >= 4 is 16.9 Å². The maximum absolute atomic E-state index is 11.2. The number of hydrogen-bond acceptors (Lipinski definition) is 3. The molecule has 4 heteroatoms. The summed E-state index contributed by atoms with van der Waals surface area (Å²) in [6.07, 6.45) is 2.61. The predicted octanol–water partition coefficient (Wildman–Crippen LogP) is 2.34. The molecule has 1 aromatic heterocycles. The molecule has 2 aliphatic heterocycles. The minimum Gasteiger partial charge on any atom is -0.451 e. The molecule has 1 aromatic carbocycles. The highest BCUT2D eigenvalue weighted by Crippen LogP contribution is 2.37. The molecule has 2 fully saturated rings. The van der Waals surface area contributed by atoms with Crippen molar-refractivity contribution in [2.24, 2.45) is 11.7 Å². The van der Waals surface area contributed by atoms with Crippen molar-refractivity contribution in [3.8, 4) is 0 Å². The van der Waals surface area contributed by atoms with Crippen LogP contribution in [-0.4, -0.2) is 30.4 Å². The third kappa shape index (κ3) is 1.91. The Morgan fingerprint density at radius 3 is 3.00 bits per heavy atom. The first-order chi connectivity index (χ1) is 9.69. The molecule has 2 aliphatic rings. The Morgan fingerprint density at radius 1 is 1.30 bits per heavy atom. The molecule has 2 N–H and O–H groups in total. The highest BCUT2D eigenvalue weighted by Gasteiger charge is 2.33. The summed E-state index contributed by atoms with van der Waals surface area (Å²) in [7, 11) is 0. The van der Waals surface area contributed by atoms with Crippen LogP contribution in [0.25, 0.3) is 11.0 Å². The fourth-order valence-corrected chi connectivity index (χ4v) is 3.72. The van der Waals surface area contributed by atoms with Crippen LogP contribution in [0.15, 0.2) is 28.7 Å². The molecule has 2 saturated heterocycles. The van der Waals surface area contributed by atoms with Gasteiger partial charge >= 0.3 is 0 Å². The van der Waals surface area contributed by atoms with Crippen LogP contribution in [0.1, 0.15) is 34.9 Å². The van der Waals surface area contributed by atoms with Gasteiger partial charge in [-0.3, -0.25) is 4.79 Å². The van der Waals surface area contributed by atoms with E-state index in [1.807, 2.05) is 6.07 Å². The number of benzene rings is 1. The Balaban J connectivity index is 1.68. The summed E-state index contributed by atoms with van der Waals surface area (Å²) in [6, 6.07) is 8.00. The van der Waals surface area contributed by atoms with Crippen LogP contribution in [-0.2, 0) is 0 Å². The van der Waals surface area contributed by atoms with E-state index in [1.165, 1.54) is 31.5 Å². The number of carbonyl (C=O) groups excluding carboxylic acids is 1. The van der Waals surface area contributed by atoms with Gasteiger partial charge in [0.25, 0.3) is 5.91 Å². The third-order valence-corrected chi connectivity index (χ3v) is 4.72. The van der Waals surface area contributed by atoms with Crippen molar-refractivity contribution in [3.05, 3.63) is 35.6 Å². The fraction of sp³-hybridized carbons (Fsp3) is 0.438. The summed E-state index contributed by atoms with van der Waals surface area (Å²) in [6.45, 7) is 3.66. The molecule has 4 nitrogen and oxygen atoms in total. The molecule has 3 heterocycles. The highest BCUT2D eigenvalue weighted by molar-refractivity contribution is 5.95. The number of rotatable bonds is 2. The number of piperidine rings is 1. The lowest BCUT2D eigenvalue weighted by Gasteiger charge is -2.30. The van der Waals surface area contributed by atoms with Gasteiger partial charge in [-0.25, -0.2) is 0 Å². The monoisotopic (exact) mass is 270 g/mol. The lowest BCUT2D eigenvalue weighted by Crippen LogP contribution is -2.31. The minimum absolute atomic E-state index is 0.240. The SMILES string of the molecule is NC(=O)c1cc2ccc([C@H]3C[C@@H]4CCN(C4)C3)cc2o1. The molecule has 0 spiro atoms. The molecule has 0 saturated carbocycles. The summed E-state index contributed by atoms with van der Waals surface area (Å²) >= 11 is 0. The van der Waals surface area contributed by atoms with E-state index in [4.69, 9.17) is 10.2 Å². The molecular weight excluding hydrogens is 252 g/mol. The number of amides is 1. The number of nitrogens with zero attached hydrogens (tertiary/aromatic N) is 1. The average Bonchev–Trinajstić information content (AvgIpc) is 3.01. The normalized spacial score (nSPS) is 28.9. The van der Waals surface area contributed by atoms with Crippen molar-refractivity contribution in [2.45, 2.75) is 18.8 Å². The van der Waals surface area contributed by atoms with E-state index >= 15 is 0 Å². The van der Waals surface area contributed by atoms with Crippen LogP contribution in [0.3, 0.4) is 0 Å². The molecule has 0 aliphatic carbocycles. The second kappa shape index (κ2) is 4.35. The quantitative estimate of drug-likeness (QED) is 0.911. The Hall–Kier alpha value is -1.81. The molecule has 3 atom stereocenters. The molecule has 2 aromatic rings. The summed E-state index contributed by atoms with van der Waals surface area (Å²) in [4.78, 5) is 13.7. The van der Waals surface area contributed by atoms with Gasteiger partial charge in [0.2, 0.25) is 0 Å². The number of furan rings is 1. The summed E-state index contributed by atoms with van der Waals surface area (Å²) in [5, 5.41) is 0.946. The minimum atomic E-state index is -0.510. The van der Waals surface area contributed by atoms with E-state index in [2.05, 4.69) is 17.0 Å². The van der Waals surface area contributed by atoms with Gasteiger partial charge in [-0.2, -0.15) is 0 Å². The zero-order valence-electron chi connectivity index (χ0n) is 11.3. The molecule has 0 radical (unpaired) electrons. The summed E-state index contributed by atoms with van der Waals surface area (Å²) in [5.74, 6) is 1.17. The fourth-order valence-electron chi connectivity index (χ4n) is 3.72. The van der Waals surface area contributed by atoms with Crippen molar-refractivity contribution < 1.29 is 9.21 Å². The zero-order valence-corrected chi connectivity index (χ0v) is 11.3. The first-order valence-corrected chi connectivity index (χ1v) is 7.25. The molecule has 1 unspecified atom stereocenters. The van der Waals surface area contributed by atoms with E-state index in [-0.39, 0.29) is 5.76 Å². The van der Waals surface area contributed by atoms with Gasteiger partial charge in [0, 0.05) is 18.5 Å². The summed E-state index contributed by atoms with van der Waals surface area (Å²) in [5.41, 5.74) is 7.35. The highest BCUT2D eigenvalue weighted by atomic mass is 16.3. The Labute approximate surface area is 117 Å². The third-order valence-electron chi connectivity index (χ3n) is 4.72. The van der Waals surface area contributed by atoms with Crippen molar-refractivity contribution in [1.29, 1.82) is 0 Å². The smallest absolute Gasteiger partial charge is 0.284 e. The standard InChI is InChI=1S/C16H18N2O2/c17-16(19)15-7-12-2-1-11(6-14(12)20-15)13-5-10-3-4-18(8-10)9-13/h1-2,6-7,10,13H,3-5,8-9H2,(H2,17,19)/t10-,13-/m0/s1. The van der Waals surface area contributed by atoms with E-state index in [9.17, 15) is 4.79 Å². The van der Waals surface area contributed by atoms with Crippen LogP contribution >= 0.6 is 0 Å². The topological polar surface area (TPSA) is 59.5 Å². The van der Waals surface area contributed by atoms with E-state index in [0.717, 1.165) is 23.4 Å². The number of hydrogen-bond donors (Lipinski definition) is 1. The first-order valence-electron chi connectivity index (χ1n) is 7.25. The van der Waals surface area contributed by atoms with Crippen LogP contribution in [0.5, 0.6) is 0 Å². The second-order valence-corrected chi connectivity index (χ2v) is 6.12. The van der Waals surface area contributed by atoms with Crippen molar-refractivity contribution in [1.82, 2.24) is 4.90 Å². The number of fused-ring (bicyclic) bond motifs is 3. The lowest BCUT2D eigenvalue weighted by molar-refractivity contribution is 0.0976.